The predicted molar refractivity (Wildman–Crippen MR) is 70.2 cm³/mol. The van der Waals surface area contributed by atoms with Gasteiger partial charge in [-0.3, -0.25) is 4.79 Å². The van der Waals surface area contributed by atoms with Crippen molar-refractivity contribution in [2.45, 2.75) is 19.4 Å². The topological polar surface area (TPSA) is 54.0 Å². The first-order chi connectivity index (χ1) is 8.14. The maximum absolute atomic E-state index is 11.1. The summed E-state index contributed by atoms with van der Waals surface area (Å²) in [6.07, 6.45) is 0.444. The van der Waals surface area contributed by atoms with E-state index in [1.165, 1.54) is 0 Å². The van der Waals surface area contributed by atoms with Gasteiger partial charge in [0.1, 0.15) is 0 Å². The maximum Gasteiger partial charge on any atom is 0.500 e. The van der Waals surface area contributed by atoms with Crippen molar-refractivity contribution in [3.8, 4) is 0 Å². The van der Waals surface area contributed by atoms with Crippen LogP contribution in [-0.4, -0.2) is 54.2 Å². The van der Waals surface area contributed by atoms with Crippen LogP contribution < -0.4 is 0 Å². The molecule has 0 aliphatic heterocycles. The van der Waals surface area contributed by atoms with Crippen LogP contribution in [0, 0.1) is 0 Å². The lowest BCUT2D eigenvalue weighted by Crippen LogP contribution is -2.43. The summed E-state index contributed by atoms with van der Waals surface area (Å²) in [7, 11) is 2.35. The van der Waals surface area contributed by atoms with Gasteiger partial charge in [0.25, 0.3) is 0 Å². The number of rotatable bonds is 10. The van der Waals surface area contributed by atoms with Gasteiger partial charge in [0, 0.05) is 33.1 Å². The highest BCUT2D eigenvalue weighted by atomic mass is 32.2. The van der Waals surface area contributed by atoms with E-state index in [0.29, 0.717) is 13.0 Å². The second-order valence-corrected chi connectivity index (χ2v) is 7.53. The van der Waals surface area contributed by atoms with Gasteiger partial charge in [-0.25, -0.2) is 0 Å². The minimum Gasteiger partial charge on any atom is -0.466 e. The van der Waals surface area contributed by atoms with Crippen LogP contribution in [0.5, 0.6) is 0 Å². The summed E-state index contributed by atoms with van der Waals surface area (Å²) in [4.78, 5) is 11.1. The smallest absolute Gasteiger partial charge is 0.466 e. The van der Waals surface area contributed by atoms with Gasteiger partial charge in [-0.15, -0.1) is 0 Å². The Kier molecular flexibility index (Phi) is 9.85. The molecule has 5 nitrogen and oxygen atoms in total. The maximum atomic E-state index is 11.1. The third-order valence-electron chi connectivity index (χ3n) is 2.24. The molecular weight excluding hydrogens is 260 g/mol. The zero-order valence-electron chi connectivity index (χ0n) is 11.0. The SMILES string of the molecule is CCOC(=O)CCSCC[Si](OC)(OC)OC. The molecule has 0 aromatic heterocycles. The third-order valence-corrected chi connectivity index (χ3v) is 6.32. The van der Waals surface area contributed by atoms with Crippen LogP contribution in [0.1, 0.15) is 13.3 Å². The number of hydrogen-bond acceptors (Lipinski definition) is 6. The van der Waals surface area contributed by atoms with Crippen LogP contribution in [0.2, 0.25) is 6.04 Å². The van der Waals surface area contributed by atoms with Crippen molar-refractivity contribution in [3.05, 3.63) is 0 Å². The molecule has 0 N–H and O–H groups in total. The average Bonchev–Trinajstić information content (AvgIpc) is 2.35. The van der Waals surface area contributed by atoms with Crippen molar-refractivity contribution in [1.82, 2.24) is 0 Å². The van der Waals surface area contributed by atoms with Gasteiger partial charge in [0.2, 0.25) is 0 Å². The third kappa shape index (κ3) is 7.05. The fourth-order valence-corrected chi connectivity index (χ4v) is 4.45. The molecule has 17 heavy (non-hydrogen) atoms. The van der Waals surface area contributed by atoms with Gasteiger partial charge in [0.05, 0.1) is 13.0 Å². The van der Waals surface area contributed by atoms with Crippen molar-refractivity contribution >= 4 is 26.5 Å². The lowest BCUT2D eigenvalue weighted by molar-refractivity contribution is -0.142. The first-order valence-electron chi connectivity index (χ1n) is 5.53. The molecule has 0 rings (SSSR count). The van der Waals surface area contributed by atoms with Crippen LogP contribution in [0.15, 0.2) is 0 Å². The zero-order valence-corrected chi connectivity index (χ0v) is 12.8. The Hall–Kier alpha value is -0.0831. The molecule has 0 atom stereocenters. The van der Waals surface area contributed by atoms with Crippen LogP contribution in [-0.2, 0) is 22.8 Å². The summed E-state index contributed by atoms with van der Waals surface area (Å²) in [6, 6.07) is 0.740. The number of esters is 1. The molecule has 0 fully saturated rings. The Balaban J connectivity index is 3.65. The molecule has 0 saturated carbocycles. The second kappa shape index (κ2) is 9.90. The number of carbonyl (C=O) groups is 1. The highest BCUT2D eigenvalue weighted by Gasteiger charge is 2.36. The quantitative estimate of drug-likeness (QED) is 0.344. The van der Waals surface area contributed by atoms with E-state index >= 15 is 0 Å². The van der Waals surface area contributed by atoms with E-state index in [1.807, 2.05) is 0 Å². The largest absolute Gasteiger partial charge is 0.500 e. The summed E-state index contributed by atoms with van der Waals surface area (Å²) >= 11 is 1.67. The fourth-order valence-electron chi connectivity index (χ4n) is 1.24. The van der Waals surface area contributed by atoms with Gasteiger partial charge in [-0.1, -0.05) is 0 Å². The molecule has 0 heterocycles. The van der Waals surface area contributed by atoms with Gasteiger partial charge >= 0.3 is 14.8 Å². The molecule has 0 aliphatic carbocycles. The standard InChI is InChI=1S/C10H22O5SSi/c1-5-15-10(11)6-7-16-8-9-17(12-2,13-3)14-4/h5-9H2,1-4H3. The molecule has 7 heteroatoms. The average molecular weight is 282 g/mol. The van der Waals surface area contributed by atoms with E-state index in [1.54, 1.807) is 40.0 Å². The molecule has 0 aliphatic rings. The monoisotopic (exact) mass is 282 g/mol. The van der Waals surface area contributed by atoms with Crippen LogP contribution in [0.4, 0.5) is 0 Å². The minimum atomic E-state index is -2.45. The summed E-state index contributed by atoms with van der Waals surface area (Å²) < 4.78 is 20.7. The Morgan fingerprint density at radius 3 is 2.18 bits per heavy atom. The van der Waals surface area contributed by atoms with Crippen molar-refractivity contribution < 1.29 is 22.8 Å². The Labute approximate surface area is 109 Å². The first-order valence-corrected chi connectivity index (χ1v) is 8.61. The summed E-state index contributed by atoms with van der Waals surface area (Å²) in [5.41, 5.74) is 0. The summed E-state index contributed by atoms with van der Waals surface area (Å²) in [5.74, 6) is 1.45. The van der Waals surface area contributed by atoms with Crippen molar-refractivity contribution in [2.24, 2.45) is 0 Å². The Morgan fingerprint density at radius 2 is 1.71 bits per heavy atom. The molecule has 0 radical (unpaired) electrons. The molecule has 0 saturated heterocycles. The fraction of sp³-hybridized carbons (Fsp3) is 0.900. The summed E-state index contributed by atoms with van der Waals surface area (Å²) in [6.45, 7) is 2.25. The lowest BCUT2D eigenvalue weighted by atomic mass is 10.5. The molecule has 0 amide bonds. The molecular formula is C10H22O5SSi. The Morgan fingerprint density at radius 1 is 1.12 bits per heavy atom. The van der Waals surface area contributed by atoms with E-state index in [-0.39, 0.29) is 5.97 Å². The van der Waals surface area contributed by atoms with Gasteiger partial charge in [0.15, 0.2) is 0 Å². The second-order valence-electron chi connectivity index (χ2n) is 3.21. The molecule has 102 valence electrons. The Bertz CT molecular complexity index is 203. The van der Waals surface area contributed by atoms with Gasteiger partial charge in [-0.2, -0.15) is 11.8 Å². The van der Waals surface area contributed by atoms with Gasteiger partial charge in [-0.05, 0) is 12.7 Å². The summed E-state index contributed by atoms with van der Waals surface area (Å²) in [5, 5.41) is 0. The van der Waals surface area contributed by atoms with E-state index in [9.17, 15) is 4.79 Å². The number of carbonyl (C=O) groups excluding carboxylic acids is 1. The van der Waals surface area contributed by atoms with Gasteiger partial charge < -0.3 is 18.0 Å². The highest BCUT2D eigenvalue weighted by molar-refractivity contribution is 7.99. The molecule has 0 aromatic rings. The van der Waals surface area contributed by atoms with E-state index < -0.39 is 8.80 Å². The minimum absolute atomic E-state index is 0.145. The van der Waals surface area contributed by atoms with Crippen molar-refractivity contribution in [3.63, 3.8) is 0 Å². The van der Waals surface area contributed by atoms with Crippen molar-refractivity contribution in [1.29, 1.82) is 0 Å². The van der Waals surface area contributed by atoms with Crippen LogP contribution in [0.25, 0.3) is 0 Å². The zero-order chi connectivity index (χ0) is 13.1. The normalized spacial score (nSPS) is 11.5. The van der Waals surface area contributed by atoms with E-state index in [2.05, 4.69) is 0 Å². The molecule has 0 unspecified atom stereocenters. The number of ether oxygens (including phenoxy) is 1. The highest BCUT2D eigenvalue weighted by Crippen LogP contribution is 2.17. The lowest BCUT2D eigenvalue weighted by Gasteiger charge is -2.23. The van der Waals surface area contributed by atoms with E-state index in [4.69, 9.17) is 18.0 Å². The molecule has 0 aromatic carbocycles. The van der Waals surface area contributed by atoms with E-state index in [0.717, 1.165) is 17.5 Å². The number of thioether (sulfide) groups is 1. The van der Waals surface area contributed by atoms with Crippen molar-refractivity contribution in [2.75, 3.05) is 39.4 Å². The molecule has 0 spiro atoms. The molecule has 0 bridgehead atoms. The number of hydrogen-bond donors (Lipinski definition) is 0. The first kappa shape index (κ1) is 16.9. The predicted octanol–water partition coefficient (Wildman–Crippen LogP) is 1.55. The van der Waals surface area contributed by atoms with Crippen LogP contribution >= 0.6 is 11.8 Å². The van der Waals surface area contributed by atoms with Crippen LogP contribution in [0.3, 0.4) is 0 Å².